The van der Waals surface area contributed by atoms with Crippen molar-refractivity contribution in [2.75, 3.05) is 13.1 Å². The van der Waals surface area contributed by atoms with Gasteiger partial charge in [-0.15, -0.1) is 0 Å². The summed E-state index contributed by atoms with van der Waals surface area (Å²) in [6, 6.07) is 14.2. The molecule has 4 nitrogen and oxygen atoms in total. The van der Waals surface area contributed by atoms with Gasteiger partial charge in [0.2, 0.25) is 5.91 Å². The van der Waals surface area contributed by atoms with E-state index < -0.39 is 0 Å². The number of imidazole rings is 1. The fraction of sp³-hybridized carbons (Fsp3) is 0.273. The number of piperidine rings is 1. The van der Waals surface area contributed by atoms with E-state index in [1.165, 1.54) is 12.1 Å². The Hall–Kier alpha value is -2.95. The maximum absolute atomic E-state index is 13.1. The monoisotopic (exact) mass is 363 g/mol. The van der Waals surface area contributed by atoms with E-state index in [9.17, 15) is 9.18 Å². The molecular formula is C22H22FN3O. The Bertz CT molecular complexity index is 957. The van der Waals surface area contributed by atoms with Crippen molar-refractivity contribution >= 4 is 22.5 Å². The zero-order chi connectivity index (χ0) is 18.8. The van der Waals surface area contributed by atoms with Crippen LogP contribution in [-0.4, -0.2) is 33.9 Å². The summed E-state index contributed by atoms with van der Waals surface area (Å²) < 4.78 is 13.1. The maximum Gasteiger partial charge on any atom is 0.246 e. The molecule has 1 saturated heterocycles. The molecule has 27 heavy (non-hydrogen) atoms. The Balaban J connectivity index is 1.49. The quantitative estimate of drug-likeness (QED) is 0.696. The zero-order valence-corrected chi connectivity index (χ0v) is 15.3. The van der Waals surface area contributed by atoms with E-state index in [1.807, 2.05) is 36.1 Å². The van der Waals surface area contributed by atoms with E-state index in [2.05, 4.69) is 4.98 Å². The maximum atomic E-state index is 13.1. The molecule has 0 spiro atoms. The van der Waals surface area contributed by atoms with Crippen molar-refractivity contribution < 1.29 is 9.18 Å². The average molecular weight is 363 g/mol. The number of nitrogens with one attached hydrogen (secondary N) is 1. The van der Waals surface area contributed by atoms with Crippen LogP contribution in [0.3, 0.4) is 0 Å². The van der Waals surface area contributed by atoms with Gasteiger partial charge in [-0.1, -0.05) is 24.3 Å². The third-order valence-electron chi connectivity index (χ3n) is 5.17. The molecule has 1 aliphatic rings. The van der Waals surface area contributed by atoms with Crippen molar-refractivity contribution in [2.45, 2.75) is 25.7 Å². The average Bonchev–Trinajstić information content (AvgIpc) is 3.13. The number of rotatable bonds is 3. The first kappa shape index (κ1) is 17.5. The summed E-state index contributed by atoms with van der Waals surface area (Å²) in [5.74, 6) is 0.891. The fourth-order valence-corrected chi connectivity index (χ4v) is 3.64. The number of carbonyl (C=O) groups excluding carboxylic acids is 1. The van der Waals surface area contributed by atoms with Gasteiger partial charge in [-0.2, -0.15) is 0 Å². The van der Waals surface area contributed by atoms with Crippen molar-refractivity contribution in [2.24, 2.45) is 0 Å². The van der Waals surface area contributed by atoms with E-state index in [1.54, 1.807) is 18.2 Å². The molecule has 1 atom stereocenters. The Morgan fingerprint density at radius 1 is 1.22 bits per heavy atom. The number of benzene rings is 2. The number of para-hydroxylation sites is 2. The highest BCUT2D eigenvalue weighted by Crippen LogP contribution is 2.27. The molecule has 4 rings (SSSR count). The number of allylic oxidation sites excluding steroid dienone is 1. The van der Waals surface area contributed by atoms with E-state index >= 15 is 0 Å². The van der Waals surface area contributed by atoms with E-state index in [-0.39, 0.29) is 17.6 Å². The predicted octanol–water partition coefficient (Wildman–Crippen LogP) is 4.51. The third kappa shape index (κ3) is 3.77. The van der Waals surface area contributed by atoms with Crippen LogP contribution >= 0.6 is 0 Å². The van der Waals surface area contributed by atoms with Gasteiger partial charge >= 0.3 is 0 Å². The molecule has 0 bridgehead atoms. The number of fused-ring (bicyclic) bond motifs is 1. The summed E-state index contributed by atoms with van der Waals surface area (Å²) in [6.45, 7) is 3.29. The topological polar surface area (TPSA) is 49.0 Å². The van der Waals surface area contributed by atoms with Crippen LogP contribution in [0.5, 0.6) is 0 Å². The molecule has 0 saturated carbocycles. The number of hydrogen-bond acceptors (Lipinski definition) is 2. The number of amides is 1. The molecule has 0 aliphatic carbocycles. The van der Waals surface area contributed by atoms with Gasteiger partial charge in [-0.25, -0.2) is 9.37 Å². The van der Waals surface area contributed by atoms with Crippen LogP contribution in [0, 0.1) is 5.82 Å². The molecule has 3 aromatic rings. The number of H-pyrrole nitrogens is 1. The molecule has 1 N–H and O–H groups in total. The van der Waals surface area contributed by atoms with Crippen LogP contribution in [0.15, 0.2) is 54.6 Å². The van der Waals surface area contributed by atoms with Crippen molar-refractivity contribution in [3.05, 3.63) is 71.8 Å². The van der Waals surface area contributed by atoms with Crippen molar-refractivity contribution in [1.29, 1.82) is 0 Å². The Morgan fingerprint density at radius 3 is 2.78 bits per heavy atom. The van der Waals surface area contributed by atoms with Gasteiger partial charge in [0.15, 0.2) is 0 Å². The van der Waals surface area contributed by atoms with E-state index in [0.717, 1.165) is 47.4 Å². The summed E-state index contributed by atoms with van der Waals surface area (Å²) in [5, 5.41) is 0. The Morgan fingerprint density at radius 2 is 2.00 bits per heavy atom. The normalized spacial score (nSPS) is 18.1. The number of hydrogen-bond donors (Lipinski definition) is 1. The highest BCUT2D eigenvalue weighted by Gasteiger charge is 2.26. The fourth-order valence-electron chi connectivity index (χ4n) is 3.64. The second kappa shape index (κ2) is 7.35. The van der Waals surface area contributed by atoms with Crippen LogP contribution in [0.4, 0.5) is 4.39 Å². The van der Waals surface area contributed by atoms with Crippen LogP contribution < -0.4 is 0 Å². The Kier molecular flexibility index (Phi) is 4.75. The van der Waals surface area contributed by atoms with Gasteiger partial charge in [-0.05, 0) is 55.2 Å². The molecule has 1 fully saturated rings. The van der Waals surface area contributed by atoms with Crippen LogP contribution in [-0.2, 0) is 4.79 Å². The predicted molar refractivity (Wildman–Crippen MR) is 105 cm³/mol. The molecular weight excluding hydrogens is 341 g/mol. The van der Waals surface area contributed by atoms with Gasteiger partial charge in [0.1, 0.15) is 11.6 Å². The molecule has 5 heteroatoms. The standard InChI is InChI=1S/C22H22FN3O/c1-15(16-8-10-18(23)11-9-16)13-21(27)26-12-4-5-17(14-26)22-24-19-6-2-3-7-20(19)25-22/h2-3,6-11,13,17H,4-5,12,14H2,1H3,(H,24,25)/b15-13+. The molecule has 138 valence electrons. The van der Waals surface area contributed by atoms with E-state index in [0.29, 0.717) is 6.54 Å². The smallest absolute Gasteiger partial charge is 0.246 e. The van der Waals surface area contributed by atoms with Crippen LogP contribution in [0.25, 0.3) is 16.6 Å². The lowest BCUT2D eigenvalue weighted by atomic mass is 9.97. The number of aromatic amines is 1. The van der Waals surface area contributed by atoms with Gasteiger partial charge < -0.3 is 9.88 Å². The van der Waals surface area contributed by atoms with Crippen LogP contribution in [0.1, 0.15) is 37.1 Å². The molecule has 1 aromatic heterocycles. The van der Waals surface area contributed by atoms with Gasteiger partial charge in [0.05, 0.1) is 11.0 Å². The number of halogens is 1. The first-order valence-electron chi connectivity index (χ1n) is 9.28. The summed E-state index contributed by atoms with van der Waals surface area (Å²) in [4.78, 5) is 22.7. The molecule has 1 amide bonds. The molecule has 1 aliphatic heterocycles. The van der Waals surface area contributed by atoms with Gasteiger partial charge in [0, 0.05) is 25.1 Å². The first-order chi connectivity index (χ1) is 13.1. The van der Waals surface area contributed by atoms with Crippen molar-refractivity contribution in [1.82, 2.24) is 14.9 Å². The van der Waals surface area contributed by atoms with Crippen molar-refractivity contribution in [3.63, 3.8) is 0 Å². The minimum Gasteiger partial charge on any atom is -0.342 e. The van der Waals surface area contributed by atoms with Gasteiger partial charge in [0.25, 0.3) is 0 Å². The second-order valence-electron chi connectivity index (χ2n) is 7.10. The molecule has 1 unspecified atom stereocenters. The summed E-state index contributed by atoms with van der Waals surface area (Å²) in [7, 11) is 0. The largest absolute Gasteiger partial charge is 0.342 e. The number of likely N-dealkylation sites (tertiary alicyclic amines) is 1. The zero-order valence-electron chi connectivity index (χ0n) is 15.3. The number of aromatic nitrogens is 2. The summed E-state index contributed by atoms with van der Waals surface area (Å²) in [6.07, 6.45) is 3.62. The van der Waals surface area contributed by atoms with Gasteiger partial charge in [-0.3, -0.25) is 4.79 Å². The summed E-state index contributed by atoms with van der Waals surface area (Å²) in [5.41, 5.74) is 3.69. The highest BCUT2D eigenvalue weighted by molar-refractivity contribution is 5.95. The Labute approximate surface area is 157 Å². The van der Waals surface area contributed by atoms with Crippen molar-refractivity contribution in [3.8, 4) is 0 Å². The highest BCUT2D eigenvalue weighted by atomic mass is 19.1. The molecule has 0 radical (unpaired) electrons. The van der Waals surface area contributed by atoms with Crippen LogP contribution in [0.2, 0.25) is 0 Å². The minimum atomic E-state index is -0.275. The lowest BCUT2D eigenvalue weighted by Crippen LogP contribution is -2.38. The summed E-state index contributed by atoms with van der Waals surface area (Å²) >= 11 is 0. The van der Waals surface area contributed by atoms with E-state index in [4.69, 9.17) is 4.98 Å². The lowest BCUT2D eigenvalue weighted by molar-refractivity contribution is -0.127. The lowest BCUT2D eigenvalue weighted by Gasteiger charge is -2.31. The number of nitrogens with zero attached hydrogens (tertiary/aromatic N) is 2. The second-order valence-corrected chi connectivity index (χ2v) is 7.10. The SMILES string of the molecule is C/C(=C\C(=O)N1CCCC(c2nc3ccccc3[nH]2)C1)c1ccc(F)cc1. The molecule has 2 aromatic carbocycles. The molecule has 2 heterocycles. The minimum absolute atomic E-state index is 0.00219. The number of carbonyl (C=O) groups is 1. The first-order valence-corrected chi connectivity index (χ1v) is 9.28. The third-order valence-corrected chi connectivity index (χ3v) is 5.17.